The van der Waals surface area contributed by atoms with Crippen molar-refractivity contribution in [3.63, 3.8) is 0 Å². The minimum Gasteiger partial charge on any atom is -0.370 e. The van der Waals surface area contributed by atoms with Gasteiger partial charge in [0, 0.05) is 11.1 Å². The summed E-state index contributed by atoms with van der Waals surface area (Å²) >= 11 is 0. The van der Waals surface area contributed by atoms with E-state index in [-0.39, 0.29) is 17.3 Å². The number of allylic oxidation sites excluding steroid dienone is 7. The van der Waals surface area contributed by atoms with E-state index in [0.29, 0.717) is 23.1 Å². The monoisotopic (exact) mass is 323 g/mol. The Morgan fingerprint density at radius 1 is 1.21 bits per heavy atom. The van der Waals surface area contributed by atoms with Gasteiger partial charge in [-0.1, -0.05) is 55.2 Å². The van der Waals surface area contributed by atoms with E-state index in [2.05, 4.69) is 11.6 Å². The third kappa shape index (κ3) is 4.39. The highest BCUT2D eigenvalue weighted by Gasteiger charge is 2.12. The van der Waals surface area contributed by atoms with Gasteiger partial charge >= 0.3 is 0 Å². The van der Waals surface area contributed by atoms with Crippen LogP contribution in [0.2, 0.25) is 0 Å². The molecule has 4 N–H and O–H groups in total. The molecule has 1 aliphatic rings. The molecular weight excluding hydrogens is 305 g/mol. The molecule has 1 aliphatic carbocycles. The molecule has 0 radical (unpaired) electrons. The van der Waals surface area contributed by atoms with Crippen LogP contribution >= 0.6 is 0 Å². The summed E-state index contributed by atoms with van der Waals surface area (Å²) in [6.07, 6.45) is 11.1. The number of amides is 1. The van der Waals surface area contributed by atoms with Crippen molar-refractivity contribution < 1.29 is 9.18 Å². The Balaban J connectivity index is 2.50. The Labute approximate surface area is 140 Å². The van der Waals surface area contributed by atoms with E-state index in [9.17, 15) is 9.18 Å². The van der Waals surface area contributed by atoms with Crippen LogP contribution in [0.4, 0.5) is 4.39 Å². The average Bonchev–Trinajstić information content (AvgIpc) is 2.53. The minimum atomic E-state index is -0.579. The van der Waals surface area contributed by atoms with Crippen LogP contribution in [0.25, 0.3) is 5.57 Å². The predicted molar refractivity (Wildman–Crippen MR) is 95.3 cm³/mol. The molecule has 1 amide bonds. The largest absolute Gasteiger partial charge is 0.370 e. The summed E-state index contributed by atoms with van der Waals surface area (Å²) in [5, 5.41) is 0. The molecule has 122 valence electrons. The van der Waals surface area contributed by atoms with Gasteiger partial charge in [-0.05, 0) is 29.7 Å². The fourth-order valence-corrected chi connectivity index (χ4v) is 2.19. The van der Waals surface area contributed by atoms with E-state index in [4.69, 9.17) is 11.5 Å². The van der Waals surface area contributed by atoms with Crippen molar-refractivity contribution in [1.82, 2.24) is 0 Å². The lowest BCUT2D eigenvalue weighted by atomic mass is 9.95. The van der Waals surface area contributed by atoms with Crippen molar-refractivity contribution in [2.45, 2.75) is 6.42 Å². The van der Waals surface area contributed by atoms with Crippen LogP contribution in [-0.2, 0) is 4.79 Å². The second-order valence-electron chi connectivity index (χ2n) is 5.09. The first kappa shape index (κ1) is 17.1. The molecule has 5 heteroatoms. The van der Waals surface area contributed by atoms with Gasteiger partial charge in [0.25, 0.3) is 5.91 Å². The van der Waals surface area contributed by atoms with Crippen molar-refractivity contribution in [1.29, 1.82) is 0 Å². The topological polar surface area (TPSA) is 81.5 Å². The zero-order valence-corrected chi connectivity index (χ0v) is 13.1. The van der Waals surface area contributed by atoms with Crippen molar-refractivity contribution in [2.24, 2.45) is 16.5 Å². The summed E-state index contributed by atoms with van der Waals surface area (Å²) < 4.78 is 14.1. The van der Waals surface area contributed by atoms with Crippen LogP contribution in [0.5, 0.6) is 0 Å². The molecule has 0 unspecified atom stereocenters. The lowest BCUT2D eigenvalue weighted by Gasteiger charge is -2.10. The van der Waals surface area contributed by atoms with E-state index in [1.165, 1.54) is 6.07 Å². The fraction of sp³-hybridized carbons (Fsp3) is 0.0526. The van der Waals surface area contributed by atoms with Gasteiger partial charge < -0.3 is 11.5 Å². The average molecular weight is 323 g/mol. The van der Waals surface area contributed by atoms with Crippen molar-refractivity contribution in [3.05, 3.63) is 89.8 Å². The quantitative estimate of drug-likeness (QED) is 0.648. The number of aliphatic imine (C=N–C) groups is 1. The molecule has 0 aromatic heterocycles. The Morgan fingerprint density at radius 3 is 2.67 bits per heavy atom. The van der Waals surface area contributed by atoms with Gasteiger partial charge in [0.2, 0.25) is 0 Å². The number of hydrogen-bond acceptors (Lipinski definition) is 1. The summed E-state index contributed by atoms with van der Waals surface area (Å²) in [6, 6.07) is 6.39. The molecule has 1 aromatic rings. The normalized spacial score (nSPS) is 19.5. The van der Waals surface area contributed by atoms with E-state index in [1.54, 1.807) is 42.5 Å². The van der Waals surface area contributed by atoms with E-state index < -0.39 is 5.91 Å². The van der Waals surface area contributed by atoms with Crippen LogP contribution in [0.1, 0.15) is 12.0 Å². The molecule has 0 fully saturated rings. The summed E-state index contributed by atoms with van der Waals surface area (Å²) in [5.74, 6) is -1.26. The number of guanidine groups is 1. The smallest absolute Gasteiger partial charge is 0.280 e. The number of halogens is 1. The zero-order chi connectivity index (χ0) is 17.5. The number of hydrogen-bond donors (Lipinski definition) is 2. The Bertz CT molecular complexity index is 810. The lowest BCUT2D eigenvalue weighted by molar-refractivity contribution is -0.114. The Kier molecular flexibility index (Phi) is 5.63. The van der Waals surface area contributed by atoms with Gasteiger partial charge in [0.1, 0.15) is 5.82 Å². The zero-order valence-electron chi connectivity index (χ0n) is 13.1. The second-order valence-corrected chi connectivity index (χ2v) is 5.09. The molecule has 2 rings (SSSR count). The maximum atomic E-state index is 14.1. The van der Waals surface area contributed by atoms with Crippen LogP contribution < -0.4 is 11.5 Å². The van der Waals surface area contributed by atoms with Crippen molar-refractivity contribution in [3.8, 4) is 0 Å². The lowest BCUT2D eigenvalue weighted by Crippen LogP contribution is -2.24. The maximum absolute atomic E-state index is 14.1. The summed E-state index contributed by atoms with van der Waals surface area (Å²) in [5.41, 5.74) is 12.2. The molecular formula is C19H18FN3O. The highest BCUT2D eigenvalue weighted by molar-refractivity contribution is 6.04. The maximum Gasteiger partial charge on any atom is 0.280 e. The Hall–Kier alpha value is -3.21. The Morgan fingerprint density at radius 2 is 1.96 bits per heavy atom. The SMILES string of the molecule is C=C1/C=C(C(=O)N=C(N)N)\C=C/C/C=C\C=C1c1ccccc1F. The summed E-state index contributed by atoms with van der Waals surface area (Å²) in [4.78, 5) is 15.6. The van der Waals surface area contributed by atoms with Crippen molar-refractivity contribution >= 4 is 17.4 Å². The van der Waals surface area contributed by atoms with E-state index >= 15 is 0 Å². The van der Waals surface area contributed by atoms with E-state index in [1.807, 2.05) is 12.2 Å². The minimum absolute atomic E-state index is 0.269. The number of rotatable bonds is 2. The van der Waals surface area contributed by atoms with Gasteiger partial charge in [-0.3, -0.25) is 4.79 Å². The van der Waals surface area contributed by atoms with Crippen LogP contribution in [0.15, 0.2) is 83.4 Å². The number of benzene rings is 1. The molecule has 0 spiro atoms. The third-order valence-electron chi connectivity index (χ3n) is 3.29. The third-order valence-corrected chi connectivity index (χ3v) is 3.29. The standard InChI is InChI=1S/C19H18FN3O/c1-13-12-14(18(24)23-19(21)22)8-4-2-3-5-9-15(13)16-10-6-7-11-17(16)20/h3-12H,1-2H2,(H4,21,22,23,24)/b5-3-,8-4-,14-12+,15-9?. The van der Waals surface area contributed by atoms with Crippen LogP contribution in [0.3, 0.4) is 0 Å². The van der Waals surface area contributed by atoms with E-state index in [0.717, 1.165) is 0 Å². The first-order valence-corrected chi connectivity index (χ1v) is 7.32. The number of nitrogens with zero attached hydrogens (tertiary/aromatic N) is 1. The van der Waals surface area contributed by atoms with Gasteiger partial charge in [-0.15, -0.1) is 0 Å². The second kappa shape index (κ2) is 7.87. The summed E-state index contributed by atoms with van der Waals surface area (Å²) in [6.45, 7) is 3.96. The molecule has 0 atom stereocenters. The molecule has 0 aliphatic heterocycles. The molecule has 4 nitrogen and oxygen atoms in total. The molecule has 0 saturated heterocycles. The van der Waals surface area contributed by atoms with Crippen LogP contribution in [0, 0.1) is 5.82 Å². The molecule has 0 heterocycles. The van der Waals surface area contributed by atoms with Gasteiger partial charge in [-0.25, -0.2) is 4.39 Å². The molecule has 24 heavy (non-hydrogen) atoms. The first-order valence-electron chi connectivity index (χ1n) is 7.32. The molecule has 0 saturated carbocycles. The number of nitrogens with two attached hydrogens (primary N) is 2. The van der Waals surface area contributed by atoms with Gasteiger partial charge in [0.15, 0.2) is 5.96 Å². The highest BCUT2D eigenvalue weighted by atomic mass is 19.1. The molecule has 1 aromatic carbocycles. The molecule has 0 bridgehead atoms. The number of carbonyl (C=O) groups is 1. The van der Waals surface area contributed by atoms with Gasteiger partial charge in [-0.2, -0.15) is 4.99 Å². The predicted octanol–water partition coefficient (Wildman–Crippen LogP) is 3.01. The van der Waals surface area contributed by atoms with Crippen LogP contribution in [-0.4, -0.2) is 11.9 Å². The first-order chi connectivity index (χ1) is 11.5. The highest BCUT2D eigenvalue weighted by Crippen LogP contribution is 2.27. The fourth-order valence-electron chi connectivity index (χ4n) is 2.19. The van der Waals surface area contributed by atoms with Gasteiger partial charge in [0.05, 0.1) is 0 Å². The number of carbonyl (C=O) groups excluding carboxylic acids is 1. The van der Waals surface area contributed by atoms with Crippen molar-refractivity contribution in [2.75, 3.05) is 0 Å². The summed E-state index contributed by atoms with van der Waals surface area (Å²) in [7, 11) is 0.